The zero-order valence-electron chi connectivity index (χ0n) is 9.36. The second-order valence-corrected chi connectivity index (χ2v) is 5.72. The average molecular weight is 236 g/mol. The van der Waals surface area contributed by atoms with Crippen LogP contribution in [0.15, 0.2) is 12.2 Å². The summed E-state index contributed by atoms with van der Waals surface area (Å²) in [5.74, 6) is -0.661. The monoisotopic (exact) mass is 236 g/mol. The molecule has 0 aromatic rings. The lowest BCUT2D eigenvalue weighted by molar-refractivity contribution is -0.150. The number of carbonyl (C=O) groups is 1. The van der Waals surface area contributed by atoms with Crippen LogP contribution in [0.25, 0.3) is 0 Å². The van der Waals surface area contributed by atoms with Crippen LogP contribution in [0.1, 0.15) is 20.8 Å². The Morgan fingerprint density at radius 2 is 1.80 bits per heavy atom. The zero-order chi connectivity index (χ0) is 12.3. The summed E-state index contributed by atoms with van der Waals surface area (Å²) in [7, 11) is -3.57. The quantitative estimate of drug-likeness (QED) is 0.411. The Hall–Kier alpha value is -0.880. The first kappa shape index (κ1) is 14.1. The molecule has 0 aromatic heterocycles. The standard InChI is InChI=1S/C9H16O5S/c1-7(6-13-15(5,11)12)8(10)14-9(2,3)4/h1,6H2,2-5H3. The smallest absolute Gasteiger partial charge is 0.336 e. The molecule has 15 heavy (non-hydrogen) atoms. The highest BCUT2D eigenvalue weighted by atomic mass is 32.2. The van der Waals surface area contributed by atoms with Crippen LogP contribution in [0, 0.1) is 0 Å². The third-order valence-electron chi connectivity index (χ3n) is 1.13. The number of hydrogen-bond acceptors (Lipinski definition) is 5. The van der Waals surface area contributed by atoms with Crippen molar-refractivity contribution >= 4 is 16.1 Å². The van der Waals surface area contributed by atoms with Crippen LogP contribution in [0.5, 0.6) is 0 Å². The molecule has 5 nitrogen and oxygen atoms in total. The number of carbonyl (C=O) groups excluding carboxylic acids is 1. The first-order chi connectivity index (χ1) is 6.51. The molecule has 0 bridgehead atoms. The Morgan fingerprint density at radius 3 is 2.13 bits per heavy atom. The van der Waals surface area contributed by atoms with E-state index in [0.717, 1.165) is 6.26 Å². The summed E-state index contributed by atoms with van der Waals surface area (Å²) in [5, 5.41) is 0. The van der Waals surface area contributed by atoms with Crippen LogP contribution in [0.2, 0.25) is 0 Å². The topological polar surface area (TPSA) is 69.7 Å². The Labute approximate surface area is 90.2 Å². The minimum absolute atomic E-state index is 0.0321. The normalized spacial score (nSPS) is 12.3. The predicted octanol–water partition coefficient (Wildman–Crippen LogP) is 0.860. The van der Waals surface area contributed by atoms with Crippen molar-refractivity contribution in [3.8, 4) is 0 Å². The second kappa shape index (κ2) is 4.76. The van der Waals surface area contributed by atoms with Crippen molar-refractivity contribution in [2.24, 2.45) is 0 Å². The maximum Gasteiger partial charge on any atom is 0.336 e. The van der Waals surface area contributed by atoms with Crippen LogP contribution in [0.4, 0.5) is 0 Å². The molecular formula is C9H16O5S. The van der Waals surface area contributed by atoms with E-state index in [1.165, 1.54) is 0 Å². The van der Waals surface area contributed by atoms with Gasteiger partial charge in [-0.1, -0.05) is 6.58 Å². The van der Waals surface area contributed by atoms with E-state index in [2.05, 4.69) is 10.8 Å². The lowest BCUT2D eigenvalue weighted by atomic mass is 10.2. The second-order valence-electron chi connectivity index (χ2n) is 4.07. The largest absolute Gasteiger partial charge is 0.457 e. The zero-order valence-corrected chi connectivity index (χ0v) is 10.2. The maximum atomic E-state index is 11.3. The summed E-state index contributed by atoms with van der Waals surface area (Å²) in [6, 6.07) is 0. The molecule has 88 valence electrons. The third kappa shape index (κ3) is 8.14. The van der Waals surface area contributed by atoms with Crippen LogP contribution in [0.3, 0.4) is 0 Å². The molecular weight excluding hydrogens is 220 g/mol. The van der Waals surface area contributed by atoms with E-state index in [1.54, 1.807) is 20.8 Å². The first-order valence-corrected chi connectivity index (χ1v) is 6.08. The summed E-state index contributed by atoms with van der Waals surface area (Å²) in [4.78, 5) is 11.3. The molecule has 0 fully saturated rings. The molecule has 0 spiro atoms. The molecule has 0 saturated heterocycles. The van der Waals surface area contributed by atoms with Gasteiger partial charge in [-0.15, -0.1) is 0 Å². The Morgan fingerprint density at radius 1 is 1.33 bits per heavy atom. The van der Waals surface area contributed by atoms with Gasteiger partial charge in [0.15, 0.2) is 0 Å². The summed E-state index contributed by atoms with van der Waals surface area (Å²) in [6.45, 7) is 8.11. The molecule has 0 amide bonds. The van der Waals surface area contributed by atoms with Gasteiger partial charge in [0, 0.05) is 0 Å². The highest BCUT2D eigenvalue weighted by Gasteiger charge is 2.19. The van der Waals surface area contributed by atoms with Crippen LogP contribution >= 0.6 is 0 Å². The highest BCUT2D eigenvalue weighted by molar-refractivity contribution is 7.86. The Balaban J connectivity index is 4.19. The SMILES string of the molecule is C=C(COS(C)(=O)=O)C(=O)OC(C)(C)C. The van der Waals surface area contributed by atoms with Crippen molar-refractivity contribution in [3.05, 3.63) is 12.2 Å². The number of esters is 1. The van der Waals surface area contributed by atoms with Gasteiger partial charge in [-0.05, 0) is 20.8 Å². The van der Waals surface area contributed by atoms with Crippen molar-refractivity contribution < 1.29 is 22.1 Å². The first-order valence-electron chi connectivity index (χ1n) is 4.27. The summed E-state index contributed by atoms with van der Waals surface area (Å²) >= 11 is 0. The van der Waals surface area contributed by atoms with Gasteiger partial charge in [0.1, 0.15) is 5.60 Å². The molecule has 0 radical (unpaired) electrons. The van der Waals surface area contributed by atoms with E-state index >= 15 is 0 Å². The molecule has 0 saturated carbocycles. The van der Waals surface area contributed by atoms with Crippen molar-refractivity contribution in [1.82, 2.24) is 0 Å². The van der Waals surface area contributed by atoms with Crippen molar-refractivity contribution in [1.29, 1.82) is 0 Å². The molecule has 0 heterocycles. The van der Waals surface area contributed by atoms with Crippen LogP contribution in [-0.2, 0) is 23.8 Å². The number of hydrogen-bond donors (Lipinski definition) is 0. The lowest BCUT2D eigenvalue weighted by Gasteiger charge is -2.19. The minimum atomic E-state index is -3.57. The summed E-state index contributed by atoms with van der Waals surface area (Å²) in [5.41, 5.74) is -0.666. The minimum Gasteiger partial charge on any atom is -0.457 e. The van der Waals surface area contributed by atoms with Crippen LogP contribution < -0.4 is 0 Å². The van der Waals surface area contributed by atoms with E-state index < -0.39 is 21.7 Å². The predicted molar refractivity (Wildman–Crippen MR) is 55.8 cm³/mol. The van der Waals surface area contributed by atoms with Crippen molar-refractivity contribution in [2.45, 2.75) is 26.4 Å². The summed E-state index contributed by atoms with van der Waals surface area (Å²) < 4.78 is 30.6. The fourth-order valence-corrected chi connectivity index (χ4v) is 0.944. The molecule has 6 heteroatoms. The maximum absolute atomic E-state index is 11.3. The van der Waals surface area contributed by atoms with Gasteiger partial charge >= 0.3 is 5.97 Å². The Kier molecular flexibility index (Phi) is 4.48. The van der Waals surface area contributed by atoms with Crippen molar-refractivity contribution in [2.75, 3.05) is 12.9 Å². The fraction of sp³-hybridized carbons (Fsp3) is 0.667. The molecule has 0 N–H and O–H groups in total. The third-order valence-corrected chi connectivity index (χ3v) is 1.68. The molecule has 0 atom stereocenters. The molecule has 0 aliphatic rings. The lowest BCUT2D eigenvalue weighted by Crippen LogP contribution is -2.26. The fourth-order valence-electron chi connectivity index (χ4n) is 0.587. The molecule has 0 aliphatic heterocycles. The average Bonchev–Trinajstić information content (AvgIpc) is 1.95. The van der Waals surface area contributed by atoms with Gasteiger partial charge in [0.05, 0.1) is 18.4 Å². The van der Waals surface area contributed by atoms with E-state index in [-0.39, 0.29) is 12.2 Å². The molecule has 0 aliphatic carbocycles. The molecule has 0 unspecified atom stereocenters. The van der Waals surface area contributed by atoms with Crippen LogP contribution in [-0.4, -0.2) is 32.9 Å². The van der Waals surface area contributed by atoms with Gasteiger partial charge in [-0.25, -0.2) is 4.79 Å². The van der Waals surface area contributed by atoms with E-state index in [9.17, 15) is 13.2 Å². The van der Waals surface area contributed by atoms with Gasteiger partial charge in [-0.3, -0.25) is 4.18 Å². The van der Waals surface area contributed by atoms with Gasteiger partial charge in [0.2, 0.25) is 0 Å². The number of ether oxygens (including phenoxy) is 1. The van der Waals surface area contributed by atoms with Gasteiger partial charge in [0.25, 0.3) is 10.1 Å². The van der Waals surface area contributed by atoms with E-state index in [0.29, 0.717) is 0 Å². The highest BCUT2D eigenvalue weighted by Crippen LogP contribution is 2.10. The van der Waals surface area contributed by atoms with E-state index in [4.69, 9.17) is 4.74 Å². The van der Waals surface area contributed by atoms with Gasteiger partial charge in [-0.2, -0.15) is 8.42 Å². The Bertz CT molecular complexity index is 347. The molecule has 0 aromatic carbocycles. The number of rotatable bonds is 4. The van der Waals surface area contributed by atoms with Gasteiger partial charge < -0.3 is 4.74 Å². The summed E-state index contributed by atoms with van der Waals surface area (Å²) in [6.07, 6.45) is 0.898. The molecule has 0 rings (SSSR count). The van der Waals surface area contributed by atoms with Crippen molar-refractivity contribution in [3.63, 3.8) is 0 Å². The van der Waals surface area contributed by atoms with E-state index in [1.807, 2.05) is 0 Å².